The largest absolute Gasteiger partial charge is 0.358 e. The standard InChI is InChI=1S/C17H14ClFN2O2S/c18-11-1-6-14-15-10-21(8-7-16(15)20-17(14)9-11)24(22,23)13-4-2-12(19)3-5-13/h1-6,9,20H,7-8,10H2. The lowest BCUT2D eigenvalue weighted by Crippen LogP contribution is -2.35. The van der Waals surface area contributed by atoms with Gasteiger partial charge < -0.3 is 4.98 Å². The molecular formula is C17H14ClFN2O2S. The Labute approximate surface area is 143 Å². The van der Waals surface area contributed by atoms with Gasteiger partial charge in [-0.1, -0.05) is 17.7 Å². The number of hydrogen-bond acceptors (Lipinski definition) is 2. The van der Waals surface area contributed by atoms with Gasteiger partial charge in [0.05, 0.1) is 4.90 Å². The molecule has 0 unspecified atom stereocenters. The molecule has 2 heterocycles. The van der Waals surface area contributed by atoms with E-state index in [-0.39, 0.29) is 11.4 Å². The van der Waals surface area contributed by atoms with Gasteiger partial charge in [0.1, 0.15) is 5.82 Å². The Kier molecular flexibility index (Phi) is 3.63. The van der Waals surface area contributed by atoms with Crippen LogP contribution in [0.15, 0.2) is 47.4 Å². The van der Waals surface area contributed by atoms with Gasteiger partial charge in [-0.2, -0.15) is 4.31 Å². The summed E-state index contributed by atoms with van der Waals surface area (Å²) in [6, 6.07) is 10.5. The fourth-order valence-electron chi connectivity index (χ4n) is 3.13. The minimum Gasteiger partial charge on any atom is -0.358 e. The number of nitrogens with one attached hydrogen (secondary N) is 1. The number of hydrogen-bond donors (Lipinski definition) is 1. The fourth-order valence-corrected chi connectivity index (χ4v) is 4.71. The van der Waals surface area contributed by atoms with E-state index in [1.165, 1.54) is 16.4 Å². The number of sulfonamides is 1. The van der Waals surface area contributed by atoms with Crippen LogP contribution in [-0.4, -0.2) is 24.3 Å². The van der Waals surface area contributed by atoms with E-state index in [4.69, 9.17) is 11.6 Å². The number of halogens is 2. The monoisotopic (exact) mass is 364 g/mol. The second kappa shape index (κ2) is 5.58. The Morgan fingerprint density at radius 1 is 1.12 bits per heavy atom. The first kappa shape index (κ1) is 15.6. The van der Waals surface area contributed by atoms with Crippen molar-refractivity contribution in [2.45, 2.75) is 17.9 Å². The van der Waals surface area contributed by atoms with Crippen molar-refractivity contribution in [3.8, 4) is 0 Å². The van der Waals surface area contributed by atoms with Crippen LogP contribution < -0.4 is 0 Å². The van der Waals surface area contributed by atoms with Gasteiger partial charge in [-0.15, -0.1) is 0 Å². The van der Waals surface area contributed by atoms with Crippen LogP contribution in [0.2, 0.25) is 5.02 Å². The molecule has 0 aliphatic carbocycles. The van der Waals surface area contributed by atoms with E-state index in [2.05, 4.69) is 4.98 Å². The molecule has 0 bridgehead atoms. The summed E-state index contributed by atoms with van der Waals surface area (Å²) in [4.78, 5) is 3.43. The van der Waals surface area contributed by atoms with Gasteiger partial charge in [0.2, 0.25) is 10.0 Å². The van der Waals surface area contributed by atoms with Crippen molar-refractivity contribution in [1.82, 2.24) is 9.29 Å². The highest BCUT2D eigenvalue weighted by molar-refractivity contribution is 7.89. The van der Waals surface area contributed by atoms with E-state index in [1.807, 2.05) is 12.1 Å². The molecule has 4 rings (SSSR count). The van der Waals surface area contributed by atoms with Crippen molar-refractivity contribution in [2.75, 3.05) is 6.54 Å². The molecule has 4 nitrogen and oxygen atoms in total. The highest BCUT2D eigenvalue weighted by Gasteiger charge is 2.30. The van der Waals surface area contributed by atoms with E-state index < -0.39 is 15.8 Å². The molecule has 1 N–H and O–H groups in total. The van der Waals surface area contributed by atoms with E-state index >= 15 is 0 Å². The molecule has 7 heteroatoms. The molecule has 1 aliphatic rings. The van der Waals surface area contributed by atoms with Gasteiger partial charge in [0.25, 0.3) is 0 Å². The number of rotatable bonds is 2. The lowest BCUT2D eigenvalue weighted by molar-refractivity contribution is 0.391. The number of aromatic amines is 1. The van der Waals surface area contributed by atoms with Crippen molar-refractivity contribution in [2.24, 2.45) is 0 Å². The van der Waals surface area contributed by atoms with Crippen molar-refractivity contribution < 1.29 is 12.8 Å². The average molecular weight is 365 g/mol. The first-order chi connectivity index (χ1) is 11.4. The SMILES string of the molecule is O=S(=O)(c1ccc(F)cc1)N1CCc2[nH]c3cc(Cl)ccc3c2C1. The van der Waals surface area contributed by atoms with E-state index in [1.54, 1.807) is 6.07 Å². The number of nitrogens with zero attached hydrogens (tertiary/aromatic N) is 1. The molecule has 124 valence electrons. The van der Waals surface area contributed by atoms with Gasteiger partial charge in [0, 0.05) is 41.1 Å². The summed E-state index contributed by atoms with van der Waals surface area (Å²) in [6.45, 7) is 0.671. The molecule has 24 heavy (non-hydrogen) atoms. The van der Waals surface area contributed by atoms with Gasteiger partial charge in [-0.05, 0) is 42.0 Å². The van der Waals surface area contributed by atoms with Crippen LogP contribution in [0.4, 0.5) is 4.39 Å². The topological polar surface area (TPSA) is 53.2 Å². The van der Waals surface area contributed by atoms with Crippen molar-refractivity contribution in [3.63, 3.8) is 0 Å². The zero-order chi connectivity index (χ0) is 16.9. The second-order valence-corrected chi connectivity index (χ2v) is 8.19. The molecule has 0 radical (unpaired) electrons. The summed E-state index contributed by atoms with van der Waals surface area (Å²) in [7, 11) is -3.65. The Bertz CT molecular complexity index is 1030. The number of aromatic nitrogens is 1. The number of benzene rings is 2. The maximum Gasteiger partial charge on any atom is 0.243 e. The van der Waals surface area contributed by atoms with E-state index in [9.17, 15) is 12.8 Å². The van der Waals surface area contributed by atoms with Gasteiger partial charge >= 0.3 is 0 Å². The van der Waals surface area contributed by atoms with Gasteiger partial charge in [0.15, 0.2) is 0 Å². The van der Waals surface area contributed by atoms with Crippen LogP contribution in [0.25, 0.3) is 10.9 Å². The van der Waals surface area contributed by atoms with Crippen LogP contribution in [0.1, 0.15) is 11.3 Å². The van der Waals surface area contributed by atoms with E-state index in [0.717, 1.165) is 34.3 Å². The molecule has 1 aliphatic heterocycles. The second-order valence-electron chi connectivity index (χ2n) is 5.81. The zero-order valence-corrected chi connectivity index (χ0v) is 14.2. The summed E-state index contributed by atoms with van der Waals surface area (Å²) in [5.74, 6) is -0.455. The van der Waals surface area contributed by atoms with Crippen molar-refractivity contribution >= 4 is 32.5 Å². The molecular weight excluding hydrogens is 351 g/mol. The Morgan fingerprint density at radius 3 is 2.62 bits per heavy atom. The Morgan fingerprint density at radius 2 is 1.88 bits per heavy atom. The summed E-state index contributed by atoms with van der Waals surface area (Å²) in [6.07, 6.45) is 0.599. The molecule has 0 fully saturated rings. The Balaban J connectivity index is 1.73. The van der Waals surface area contributed by atoms with Crippen molar-refractivity contribution in [1.29, 1.82) is 0 Å². The molecule has 1 aromatic heterocycles. The first-order valence-corrected chi connectivity index (χ1v) is 9.31. The van der Waals surface area contributed by atoms with Crippen molar-refractivity contribution in [3.05, 3.63) is 64.6 Å². The third kappa shape index (κ3) is 2.51. The zero-order valence-electron chi connectivity index (χ0n) is 12.6. The summed E-state index contributed by atoms with van der Waals surface area (Å²) in [5.41, 5.74) is 2.92. The van der Waals surface area contributed by atoms with Crippen LogP contribution in [0.3, 0.4) is 0 Å². The highest BCUT2D eigenvalue weighted by atomic mass is 35.5. The predicted octanol–water partition coefficient (Wildman–Crippen LogP) is 3.71. The molecule has 0 saturated heterocycles. The average Bonchev–Trinajstić information content (AvgIpc) is 2.91. The summed E-state index contributed by atoms with van der Waals surface area (Å²) in [5, 5.41) is 1.62. The van der Waals surface area contributed by atoms with Crippen LogP contribution >= 0.6 is 11.6 Å². The van der Waals surface area contributed by atoms with Crippen LogP contribution in [0.5, 0.6) is 0 Å². The minimum atomic E-state index is -3.65. The predicted molar refractivity (Wildman–Crippen MR) is 91.0 cm³/mol. The maximum absolute atomic E-state index is 13.1. The molecule has 0 amide bonds. The summed E-state index contributed by atoms with van der Waals surface area (Å²) >= 11 is 6.02. The normalized spacial score (nSPS) is 15.6. The third-order valence-electron chi connectivity index (χ3n) is 4.35. The molecule has 0 spiro atoms. The Hall–Kier alpha value is -1.89. The van der Waals surface area contributed by atoms with Gasteiger partial charge in [-0.25, -0.2) is 12.8 Å². The summed E-state index contributed by atoms with van der Waals surface area (Å²) < 4.78 is 40.1. The van der Waals surface area contributed by atoms with Gasteiger partial charge in [-0.3, -0.25) is 0 Å². The molecule has 3 aromatic rings. The third-order valence-corrected chi connectivity index (χ3v) is 6.45. The molecule has 2 aromatic carbocycles. The number of H-pyrrole nitrogens is 1. The molecule has 0 saturated carbocycles. The number of fused-ring (bicyclic) bond motifs is 3. The van der Waals surface area contributed by atoms with Crippen LogP contribution in [0, 0.1) is 5.82 Å². The smallest absolute Gasteiger partial charge is 0.243 e. The molecule has 0 atom stereocenters. The highest BCUT2D eigenvalue weighted by Crippen LogP contribution is 2.31. The minimum absolute atomic E-state index is 0.107. The van der Waals surface area contributed by atoms with E-state index in [0.29, 0.717) is 18.0 Å². The maximum atomic E-state index is 13.1. The lowest BCUT2D eigenvalue weighted by atomic mass is 10.1. The fraction of sp³-hybridized carbons (Fsp3) is 0.176. The lowest BCUT2D eigenvalue weighted by Gasteiger charge is -2.26. The quantitative estimate of drug-likeness (QED) is 0.753. The first-order valence-electron chi connectivity index (χ1n) is 7.50. The van der Waals surface area contributed by atoms with Crippen LogP contribution in [-0.2, 0) is 23.0 Å².